The van der Waals surface area contributed by atoms with Gasteiger partial charge in [0.05, 0.1) is 0 Å². The first kappa shape index (κ1) is 13.8. The summed E-state index contributed by atoms with van der Waals surface area (Å²) in [5.41, 5.74) is 1.18. The maximum absolute atomic E-state index is 11.8. The fourth-order valence-electron chi connectivity index (χ4n) is 1.66. The average molecular weight is 315 g/mol. The molecule has 2 aromatic rings. The Bertz CT molecular complexity index is 532. The van der Waals surface area contributed by atoms with Gasteiger partial charge in [-0.3, -0.25) is 0 Å². The molecule has 0 aliphatic carbocycles. The Morgan fingerprint density at radius 2 is 1.58 bits per heavy atom. The molecule has 0 N–H and O–H groups in total. The predicted molar refractivity (Wildman–Crippen MR) is 81.5 cm³/mol. The molecule has 0 saturated heterocycles. The van der Waals surface area contributed by atoms with Crippen LogP contribution in [-0.4, -0.2) is 19.6 Å². The van der Waals surface area contributed by atoms with Crippen LogP contribution in [0.15, 0.2) is 66.7 Å². The van der Waals surface area contributed by atoms with E-state index in [-0.39, 0.29) is 15.0 Å². The molecule has 0 bridgehead atoms. The molecule has 0 saturated carbocycles. The Kier molecular flexibility index (Phi) is 5.61. The molecule has 0 fully saturated rings. The van der Waals surface area contributed by atoms with Crippen molar-refractivity contribution in [3.8, 4) is 0 Å². The number of allylic oxidation sites excluding steroid dienone is 1. The van der Waals surface area contributed by atoms with Crippen LogP contribution in [0.5, 0.6) is 0 Å². The molecule has 0 aliphatic rings. The van der Waals surface area contributed by atoms with Crippen LogP contribution in [0, 0.1) is 0 Å². The van der Waals surface area contributed by atoms with Gasteiger partial charge in [-0.05, 0) is 0 Å². The van der Waals surface area contributed by atoms with E-state index in [1.54, 1.807) is 0 Å². The van der Waals surface area contributed by atoms with Gasteiger partial charge in [-0.15, -0.1) is 0 Å². The molecule has 0 spiro atoms. The van der Waals surface area contributed by atoms with Gasteiger partial charge in [-0.1, -0.05) is 0 Å². The molecule has 0 unspecified atom stereocenters. The third-order valence-corrected chi connectivity index (χ3v) is 4.57. The van der Waals surface area contributed by atoms with E-state index in [1.165, 1.54) is 5.56 Å². The third-order valence-electron chi connectivity index (χ3n) is 2.60. The zero-order valence-electron chi connectivity index (χ0n) is 10.7. The van der Waals surface area contributed by atoms with E-state index in [1.807, 2.05) is 48.5 Å². The van der Waals surface area contributed by atoms with Crippen molar-refractivity contribution in [3.05, 3.63) is 72.3 Å². The van der Waals surface area contributed by atoms with Crippen LogP contribution in [0.2, 0.25) is 0 Å². The van der Waals surface area contributed by atoms with E-state index in [0.29, 0.717) is 11.1 Å². The Morgan fingerprint density at radius 3 is 2.26 bits per heavy atom. The van der Waals surface area contributed by atoms with Crippen molar-refractivity contribution in [2.75, 3.05) is 0 Å². The second-order valence-corrected chi connectivity index (χ2v) is 6.51. The third kappa shape index (κ3) is 5.25. The summed E-state index contributed by atoms with van der Waals surface area (Å²) < 4.78 is 1.52. The Labute approximate surface area is 120 Å². The normalized spacial score (nSPS) is 10.7. The van der Waals surface area contributed by atoms with E-state index >= 15 is 0 Å². The van der Waals surface area contributed by atoms with Crippen LogP contribution in [0.25, 0.3) is 6.08 Å². The zero-order valence-corrected chi connectivity index (χ0v) is 12.4. The molecule has 2 rings (SSSR count). The molecule has 0 radical (unpaired) electrons. The summed E-state index contributed by atoms with van der Waals surface area (Å²) in [6.07, 6.45) is 5.61. The number of hydrogen-bond donors (Lipinski definition) is 0. The van der Waals surface area contributed by atoms with Crippen LogP contribution < -0.4 is 4.46 Å². The Balaban J connectivity index is 1.74. The SMILES string of the molecule is O=C(CC/C=C/c1ccccc1)[Se]c1ccccc1. The molecule has 0 aromatic heterocycles. The summed E-state index contributed by atoms with van der Waals surface area (Å²) in [5.74, 6) is 0. The predicted octanol–water partition coefficient (Wildman–Crippen LogP) is 3.04. The second kappa shape index (κ2) is 7.73. The molecular formula is C17H16OSe. The van der Waals surface area contributed by atoms with Crippen molar-refractivity contribution >= 4 is 30.2 Å². The first-order valence-corrected chi connectivity index (χ1v) is 8.03. The summed E-state index contributed by atoms with van der Waals surface area (Å²) in [7, 11) is 0. The van der Waals surface area contributed by atoms with Crippen LogP contribution in [0.3, 0.4) is 0 Å². The molecule has 19 heavy (non-hydrogen) atoms. The molecule has 0 amide bonds. The minimum absolute atomic E-state index is 0.0398. The minimum atomic E-state index is -0.0398. The molecule has 0 heterocycles. The van der Waals surface area contributed by atoms with E-state index in [9.17, 15) is 4.79 Å². The molecule has 0 atom stereocenters. The molecule has 1 nitrogen and oxygen atoms in total. The Morgan fingerprint density at radius 1 is 0.947 bits per heavy atom. The summed E-state index contributed by atoms with van der Waals surface area (Å²) in [5, 5.41) is 0. The van der Waals surface area contributed by atoms with Gasteiger partial charge in [0.25, 0.3) is 0 Å². The number of carbonyl (C=O) groups excluding carboxylic acids is 1. The van der Waals surface area contributed by atoms with Crippen molar-refractivity contribution in [2.24, 2.45) is 0 Å². The van der Waals surface area contributed by atoms with Gasteiger partial charge in [0.2, 0.25) is 0 Å². The number of benzene rings is 2. The average Bonchev–Trinajstić information content (AvgIpc) is 2.46. The quantitative estimate of drug-likeness (QED) is 0.749. The van der Waals surface area contributed by atoms with E-state index in [0.717, 1.165) is 10.9 Å². The molecule has 2 heteroatoms. The first-order chi connectivity index (χ1) is 9.34. The molecule has 96 valence electrons. The summed E-state index contributed by atoms with van der Waals surface area (Å²) in [4.78, 5) is 11.8. The van der Waals surface area contributed by atoms with Crippen molar-refractivity contribution in [1.82, 2.24) is 0 Å². The van der Waals surface area contributed by atoms with Crippen LogP contribution in [-0.2, 0) is 4.79 Å². The number of hydrogen-bond acceptors (Lipinski definition) is 1. The summed E-state index contributed by atoms with van der Waals surface area (Å²) in [6, 6.07) is 20.2. The van der Waals surface area contributed by atoms with Gasteiger partial charge in [0.15, 0.2) is 0 Å². The van der Waals surface area contributed by atoms with Gasteiger partial charge in [-0.2, -0.15) is 0 Å². The monoisotopic (exact) mass is 316 g/mol. The van der Waals surface area contributed by atoms with Crippen molar-refractivity contribution in [3.63, 3.8) is 0 Å². The fourth-order valence-corrected chi connectivity index (χ4v) is 3.28. The van der Waals surface area contributed by atoms with E-state index in [2.05, 4.69) is 24.3 Å². The van der Waals surface area contributed by atoms with E-state index in [4.69, 9.17) is 0 Å². The van der Waals surface area contributed by atoms with Crippen molar-refractivity contribution in [1.29, 1.82) is 0 Å². The maximum atomic E-state index is 11.8. The molecule has 2 aromatic carbocycles. The second-order valence-electron chi connectivity index (χ2n) is 4.14. The van der Waals surface area contributed by atoms with Gasteiger partial charge in [-0.25, -0.2) is 0 Å². The molecule has 0 aliphatic heterocycles. The fraction of sp³-hybridized carbons (Fsp3) is 0.118. The summed E-state index contributed by atoms with van der Waals surface area (Å²) in [6.45, 7) is 0. The topological polar surface area (TPSA) is 17.1 Å². The van der Waals surface area contributed by atoms with Crippen molar-refractivity contribution in [2.45, 2.75) is 12.8 Å². The van der Waals surface area contributed by atoms with Crippen LogP contribution in [0.1, 0.15) is 18.4 Å². The Hall–Kier alpha value is -1.63. The van der Waals surface area contributed by atoms with Crippen LogP contribution in [0.4, 0.5) is 0 Å². The summed E-state index contributed by atoms with van der Waals surface area (Å²) >= 11 is -0.0398. The van der Waals surface area contributed by atoms with Crippen molar-refractivity contribution < 1.29 is 4.79 Å². The van der Waals surface area contributed by atoms with Crippen LogP contribution >= 0.6 is 0 Å². The van der Waals surface area contributed by atoms with Gasteiger partial charge < -0.3 is 0 Å². The standard InChI is InChI=1S/C17H16OSe/c18-17(19-16-12-5-2-6-13-16)14-8-7-11-15-9-3-1-4-10-15/h1-7,9-13H,8,14H2/b11-7+. The first-order valence-electron chi connectivity index (χ1n) is 6.32. The van der Waals surface area contributed by atoms with E-state index < -0.39 is 0 Å². The number of rotatable bonds is 6. The number of carbonyl (C=O) groups is 1. The zero-order chi connectivity index (χ0) is 13.3. The van der Waals surface area contributed by atoms with Gasteiger partial charge in [0.1, 0.15) is 0 Å². The van der Waals surface area contributed by atoms with Gasteiger partial charge in [0, 0.05) is 0 Å². The molecular weight excluding hydrogens is 299 g/mol. The van der Waals surface area contributed by atoms with Gasteiger partial charge >= 0.3 is 120 Å².